The molecule has 3 saturated carbocycles. The van der Waals surface area contributed by atoms with Gasteiger partial charge in [-0.2, -0.15) is 0 Å². The fourth-order valence-electron chi connectivity index (χ4n) is 8.79. The third kappa shape index (κ3) is 3.49. The van der Waals surface area contributed by atoms with E-state index in [0.717, 1.165) is 24.7 Å². The standard InChI is InChI=1S/C29H48O2/c1-19(2)9-8-10-20(3)25-18-26(30)29(6)24-12-11-21-17-22(31-7)13-15-27(21,4)23(24)14-16-28(25,29)5/h12,19-23,25H,8-11,13-18H2,1-7H3/t20-,21+,22+,23+,25-,27+,28-,29-/m1/s1. The van der Waals surface area contributed by atoms with E-state index in [0.29, 0.717) is 35.1 Å². The van der Waals surface area contributed by atoms with Gasteiger partial charge in [0, 0.05) is 13.5 Å². The molecule has 4 aliphatic carbocycles. The molecule has 0 saturated heterocycles. The number of carbonyl (C=O) groups excluding carboxylic acids is 1. The molecule has 0 unspecified atom stereocenters. The van der Waals surface area contributed by atoms with Crippen molar-refractivity contribution in [2.45, 2.75) is 112 Å². The summed E-state index contributed by atoms with van der Waals surface area (Å²) in [5.74, 6) is 3.85. The average molecular weight is 429 g/mol. The maximum absolute atomic E-state index is 13.8. The van der Waals surface area contributed by atoms with E-state index in [1.165, 1.54) is 51.4 Å². The van der Waals surface area contributed by atoms with Crippen molar-refractivity contribution in [2.24, 2.45) is 45.8 Å². The Morgan fingerprint density at radius 1 is 1.10 bits per heavy atom. The number of rotatable bonds is 6. The van der Waals surface area contributed by atoms with Crippen molar-refractivity contribution in [1.29, 1.82) is 0 Å². The van der Waals surface area contributed by atoms with Crippen LogP contribution < -0.4 is 0 Å². The maximum atomic E-state index is 13.8. The molecule has 0 heterocycles. The van der Waals surface area contributed by atoms with Gasteiger partial charge >= 0.3 is 0 Å². The molecule has 2 heteroatoms. The van der Waals surface area contributed by atoms with Crippen molar-refractivity contribution in [2.75, 3.05) is 7.11 Å². The Morgan fingerprint density at radius 2 is 1.84 bits per heavy atom. The molecule has 0 N–H and O–H groups in total. The van der Waals surface area contributed by atoms with E-state index in [4.69, 9.17) is 4.74 Å². The lowest BCUT2D eigenvalue weighted by Gasteiger charge is -2.60. The maximum Gasteiger partial charge on any atom is 0.143 e. The average Bonchev–Trinajstić information content (AvgIpc) is 2.94. The second kappa shape index (κ2) is 8.30. The molecule has 4 aliphatic rings. The lowest BCUT2D eigenvalue weighted by molar-refractivity contribution is -0.131. The van der Waals surface area contributed by atoms with Crippen molar-refractivity contribution >= 4 is 5.78 Å². The lowest BCUT2D eigenvalue weighted by atomic mass is 9.43. The molecule has 0 aromatic carbocycles. The SMILES string of the molecule is CO[C@H]1CC[C@@]2(C)[C@@H](CC=C3[C@@H]2CC[C@]2(C)[C@@H]([C@H](C)CCCC(C)C)CC(=O)[C@@]32C)C1. The number of fused-ring (bicyclic) bond motifs is 5. The number of hydrogen-bond donors (Lipinski definition) is 0. The van der Waals surface area contributed by atoms with Gasteiger partial charge in [-0.05, 0) is 85.9 Å². The summed E-state index contributed by atoms with van der Waals surface area (Å²) in [6, 6.07) is 0. The predicted octanol–water partition coefficient (Wildman–Crippen LogP) is 7.61. The molecule has 8 atom stereocenters. The van der Waals surface area contributed by atoms with E-state index in [1.54, 1.807) is 5.57 Å². The fraction of sp³-hybridized carbons (Fsp3) is 0.897. The Kier molecular flexibility index (Phi) is 6.30. The molecule has 2 nitrogen and oxygen atoms in total. The van der Waals surface area contributed by atoms with Gasteiger partial charge in [0.25, 0.3) is 0 Å². The molecule has 0 radical (unpaired) electrons. The van der Waals surface area contributed by atoms with E-state index in [2.05, 4.69) is 47.6 Å². The Morgan fingerprint density at radius 3 is 2.52 bits per heavy atom. The van der Waals surface area contributed by atoms with Gasteiger partial charge in [0.1, 0.15) is 5.78 Å². The van der Waals surface area contributed by atoms with Gasteiger partial charge in [-0.1, -0.05) is 65.5 Å². The summed E-state index contributed by atoms with van der Waals surface area (Å²) in [5.41, 5.74) is 1.80. The highest BCUT2D eigenvalue weighted by Gasteiger charge is 2.67. The third-order valence-electron chi connectivity index (χ3n) is 11.2. The number of allylic oxidation sites excluding steroid dienone is 2. The highest BCUT2D eigenvalue weighted by atomic mass is 16.5. The molecular weight excluding hydrogens is 380 g/mol. The summed E-state index contributed by atoms with van der Waals surface area (Å²) in [7, 11) is 1.88. The summed E-state index contributed by atoms with van der Waals surface area (Å²) < 4.78 is 5.76. The summed E-state index contributed by atoms with van der Waals surface area (Å²) >= 11 is 0. The second-order valence-corrected chi connectivity index (χ2v) is 12.9. The van der Waals surface area contributed by atoms with Crippen molar-refractivity contribution in [3.8, 4) is 0 Å². The fourth-order valence-corrected chi connectivity index (χ4v) is 8.79. The summed E-state index contributed by atoms with van der Waals surface area (Å²) in [6.07, 6.45) is 15.0. The first kappa shape index (κ1) is 23.5. The van der Waals surface area contributed by atoms with Crippen LogP contribution in [0.15, 0.2) is 11.6 Å². The first-order chi connectivity index (χ1) is 14.6. The van der Waals surface area contributed by atoms with E-state index in [9.17, 15) is 4.79 Å². The Balaban J connectivity index is 1.61. The van der Waals surface area contributed by atoms with E-state index in [1.807, 2.05) is 7.11 Å². The van der Waals surface area contributed by atoms with E-state index in [-0.39, 0.29) is 10.8 Å². The summed E-state index contributed by atoms with van der Waals surface area (Å²) in [4.78, 5) is 13.8. The first-order valence-corrected chi connectivity index (χ1v) is 13.3. The van der Waals surface area contributed by atoms with Crippen molar-refractivity contribution < 1.29 is 9.53 Å². The third-order valence-corrected chi connectivity index (χ3v) is 11.2. The molecule has 0 bridgehead atoms. The Bertz CT molecular complexity index is 722. The molecular formula is C29H48O2. The van der Waals surface area contributed by atoms with Crippen LogP contribution in [-0.2, 0) is 9.53 Å². The van der Waals surface area contributed by atoms with Gasteiger partial charge in [0.2, 0.25) is 0 Å². The number of Topliss-reactive ketones (excluding diaryl/α,β-unsaturated/α-hetero) is 1. The minimum atomic E-state index is -0.237. The minimum absolute atomic E-state index is 0.136. The normalized spacial score (nSPS) is 45.7. The molecule has 176 valence electrons. The van der Waals surface area contributed by atoms with Crippen LogP contribution in [0.5, 0.6) is 0 Å². The molecule has 0 aromatic rings. The summed E-state index contributed by atoms with van der Waals surface area (Å²) in [5, 5.41) is 0. The van der Waals surface area contributed by atoms with Crippen LogP contribution in [0.25, 0.3) is 0 Å². The van der Waals surface area contributed by atoms with Crippen molar-refractivity contribution in [3.05, 3.63) is 11.6 Å². The van der Waals surface area contributed by atoms with E-state index >= 15 is 0 Å². The quantitative estimate of drug-likeness (QED) is 0.407. The van der Waals surface area contributed by atoms with E-state index < -0.39 is 0 Å². The number of ether oxygens (including phenoxy) is 1. The van der Waals surface area contributed by atoms with Gasteiger partial charge in [0.05, 0.1) is 11.5 Å². The minimum Gasteiger partial charge on any atom is -0.381 e. The highest BCUT2D eigenvalue weighted by Crippen LogP contribution is 2.71. The van der Waals surface area contributed by atoms with Gasteiger partial charge in [-0.3, -0.25) is 4.79 Å². The van der Waals surface area contributed by atoms with Crippen LogP contribution >= 0.6 is 0 Å². The number of ketones is 1. The molecule has 3 fully saturated rings. The van der Waals surface area contributed by atoms with Gasteiger partial charge in [-0.25, -0.2) is 0 Å². The lowest BCUT2D eigenvalue weighted by Crippen LogP contribution is -2.55. The molecule has 0 amide bonds. The van der Waals surface area contributed by atoms with Gasteiger partial charge in [-0.15, -0.1) is 0 Å². The Labute approximate surface area is 192 Å². The van der Waals surface area contributed by atoms with Crippen LogP contribution in [0.4, 0.5) is 0 Å². The topological polar surface area (TPSA) is 26.3 Å². The molecule has 0 spiro atoms. The smallest absolute Gasteiger partial charge is 0.143 e. The first-order valence-electron chi connectivity index (χ1n) is 13.3. The van der Waals surface area contributed by atoms with Gasteiger partial charge < -0.3 is 4.74 Å². The number of carbonyl (C=O) groups is 1. The number of hydrogen-bond acceptors (Lipinski definition) is 2. The largest absolute Gasteiger partial charge is 0.381 e. The zero-order valence-corrected chi connectivity index (χ0v) is 21.4. The summed E-state index contributed by atoms with van der Waals surface area (Å²) in [6.45, 7) is 14.5. The Hall–Kier alpha value is -0.630. The monoisotopic (exact) mass is 428 g/mol. The predicted molar refractivity (Wildman–Crippen MR) is 129 cm³/mol. The molecule has 0 aromatic heterocycles. The van der Waals surface area contributed by atoms with Gasteiger partial charge in [0.15, 0.2) is 0 Å². The van der Waals surface area contributed by atoms with Crippen LogP contribution in [0.1, 0.15) is 106 Å². The number of methoxy groups -OCH3 is 1. The zero-order chi connectivity index (χ0) is 22.6. The van der Waals surface area contributed by atoms with Crippen molar-refractivity contribution in [3.63, 3.8) is 0 Å². The zero-order valence-electron chi connectivity index (χ0n) is 21.4. The molecule has 4 rings (SSSR count). The van der Waals surface area contributed by atoms with Crippen LogP contribution in [0.3, 0.4) is 0 Å². The molecule has 0 aliphatic heterocycles. The second-order valence-electron chi connectivity index (χ2n) is 12.9. The van der Waals surface area contributed by atoms with Crippen molar-refractivity contribution in [1.82, 2.24) is 0 Å². The van der Waals surface area contributed by atoms with Crippen LogP contribution in [0, 0.1) is 45.8 Å². The van der Waals surface area contributed by atoms with Crippen LogP contribution in [0.2, 0.25) is 0 Å². The molecule has 31 heavy (non-hydrogen) atoms. The highest BCUT2D eigenvalue weighted by molar-refractivity contribution is 5.92. The van der Waals surface area contributed by atoms with Crippen LogP contribution in [-0.4, -0.2) is 19.0 Å².